The molecule has 0 N–H and O–H groups in total. The molecule has 0 bridgehead atoms. The maximum Gasteiger partial charge on any atom is 0.416 e. The SMILES string of the molecule is Cc1cc(C(F)(F)F)cc(C2(c3cc(C)cc(C(F)(F)F)c3)C3c4c5c6c7c4c4c(c8ccc9c%10ccc%11c%12c%13c%14c(c7c7c%14c(c%12%10)c9c8c47)=C4C6C(C=C5)C5C=CC%11C%13C45)C32)c1. The van der Waals surface area contributed by atoms with Gasteiger partial charge >= 0.3 is 12.4 Å². The largest absolute Gasteiger partial charge is 0.416 e. The van der Waals surface area contributed by atoms with Crippen LogP contribution >= 0.6 is 0 Å². The first-order chi connectivity index (χ1) is 30.4. The Labute approximate surface area is 352 Å². The second-order valence-electron chi connectivity index (χ2n) is 21.1. The van der Waals surface area contributed by atoms with Gasteiger partial charge in [-0.15, -0.1) is 0 Å². The van der Waals surface area contributed by atoms with Gasteiger partial charge in [0.2, 0.25) is 0 Å². The monoisotopic (exact) mass is 826 g/mol. The molecule has 0 amide bonds. The number of rotatable bonds is 2. The highest BCUT2D eigenvalue weighted by Gasteiger charge is 2.72. The van der Waals surface area contributed by atoms with Gasteiger partial charge in [0.25, 0.3) is 0 Å². The van der Waals surface area contributed by atoms with E-state index >= 15 is 26.3 Å². The molecule has 2 saturated carbocycles. The van der Waals surface area contributed by atoms with Gasteiger partial charge in [-0.25, -0.2) is 0 Å². The van der Waals surface area contributed by atoms with Crippen molar-refractivity contribution in [3.05, 3.63) is 151 Å². The molecule has 19 rings (SSSR count). The maximum absolute atomic E-state index is 15.0. The van der Waals surface area contributed by atoms with Crippen molar-refractivity contribution < 1.29 is 26.3 Å². The zero-order valence-corrected chi connectivity index (χ0v) is 33.5. The molecule has 11 aromatic rings. The fourth-order valence-corrected chi connectivity index (χ4v) is 17.8. The third-order valence-electron chi connectivity index (χ3n) is 19.1. The van der Waals surface area contributed by atoms with Crippen molar-refractivity contribution in [2.45, 2.75) is 61.2 Å². The van der Waals surface area contributed by atoms with Crippen LogP contribution in [-0.2, 0) is 17.8 Å². The van der Waals surface area contributed by atoms with Crippen LogP contribution in [0.3, 0.4) is 0 Å². The predicted octanol–water partition coefficient (Wildman–Crippen LogP) is 14.6. The Kier molecular flexibility index (Phi) is 4.32. The van der Waals surface area contributed by atoms with Crippen LogP contribution in [-0.4, -0.2) is 0 Å². The van der Waals surface area contributed by atoms with E-state index in [-0.39, 0.29) is 23.7 Å². The summed E-state index contributed by atoms with van der Waals surface area (Å²) in [5.41, 5.74) is 8.55. The predicted molar refractivity (Wildman–Crippen MR) is 237 cm³/mol. The maximum atomic E-state index is 15.0. The van der Waals surface area contributed by atoms with Crippen LogP contribution in [0.25, 0.3) is 97.8 Å². The third kappa shape index (κ3) is 2.72. The zero-order chi connectivity index (χ0) is 41.3. The van der Waals surface area contributed by atoms with Gasteiger partial charge in [0.05, 0.1) is 11.1 Å². The van der Waals surface area contributed by atoms with Gasteiger partial charge in [-0.3, -0.25) is 0 Å². The molecule has 8 aliphatic carbocycles. The standard InChI is InChI=1S/C57H28F6/c1-17-11-19(15-21(13-17)56(58,59)60)55(20-12-18(2)14-22(16-20)57(61,62)63)53-39-29-9-7-27-25-5-3-23-24-4-6-26-28-8-10-30-38-36(28)43-34(26)32(24)41-31(23)33(25)42-35(27)37(29)44-46(39)47(40(30)54(53)55)45(38)52-50(43)48(41)49(42)51(44)52/h3-16,23,25,27,31,33,35,53-54H,1-2H3. The lowest BCUT2D eigenvalue weighted by Gasteiger charge is -2.37. The summed E-state index contributed by atoms with van der Waals surface area (Å²) in [6, 6.07) is 18.0. The zero-order valence-electron chi connectivity index (χ0n) is 33.5. The summed E-state index contributed by atoms with van der Waals surface area (Å²) < 4.78 is 90.2. The molecule has 0 nitrogen and oxygen atoms in total. The minimum atomic E-state index is -4.64. The van der Waals surface area contributed by atoms with E-state index in [1.54, 1.807) is 25.0 Å². The minimum Gasteiger partial charge on any atom is -0.166 e. The topological polar surface area (TPSA) is 0 Å². The quantitative estimate of drug-likeness (QED) is 0.0925. The van der Waals surface area contributed by atoms with Crippen molar-refractivity contribution in [2.24, 2.45) is 17.8 Å². The number of fused-ring (bicyclic) bond motifs is 8. The van der Waals surface area contributed by atoms with Crippen molar-refractivity contribution >= 4 is 97.8 Å². The molecule has 8 aliphatic rings. The van der Waals surface area contributed by atoms with E-state index in [1.165, 1.54) is 127 Å². The Morgan fingerprint density at radius 1 is 0.476 bits per heavy atom. The molecule has 0 saturated heterocycles. The molecule has 63 heavy (non-hydrogen) atoms. The number of hydrogen-bond acceptors (Lipinski definition) is 0. The van der Waals surface area contributed by atoms with Crippen LogP contribution in [0, 0.1) is 31.6 Å². The van der Waals surface area contributed by atoms with Crippen molar-refractivity contribution in [1.29, 1.82) is 0 Å². The van der Waals surface area contributed by atoms with Gasteiger partial charge in [0.15, 0.2) is 0 Å². The Bertz CT molecular complexity index is 4240. The summed E-state index contributed by atoms with van der Waals surface area (Å²) in [6.07, 6.45) is 0.644. The Morgan fingerprint density at radius 3 is 1.79 bits per heavy atom. The first kappa shape index (κ1) is 31.7. The van der Waals surface area contributed by atoms with Gasteiger partial charge in [0.1, 0.15) is 0 Å². The molecule has 0 aromatic heterocycles. The summed E-state index contributed by atoms with van der Waals surface area (Å²) in [6.45, 7) is 3.37. The molecule has 8 unspecified atom stereocenters. The molecule has 0 heterocycles. The molecule has 0 spiro atoms. The van der Waals surface area contributed by atoms with Crippen LogP contribution in [0.1, 0.15) is 96.4 Å². The Morgan fingerprint density at radius 2 is 1.06 bits per heavy atom. The van der Waals surface area contributed by atoms with Gasteiger partial charge in [-0.1, -0.05) is 71.8 Å². The molecule has 0 aliphatic heterocycles. The van der Waals surface area contributed by atoms with E-state index in [0.717, 1.165) is 16.5 Å². The lowest BCUT2D eigenvalue weighted by atomic mass is 9.65. The smallest absolute Gasteiger partial charge is 0.166 e. The normalized spacial score (nSPS) is 28.3. The van der Waals surface area contributed by atoms with Crippen LogP contribution in [0.15, 0.2) is 78.9 Å². The first-order valence-corrected chi connectivity index (χ1v) is 22.5. The molecule has 298 valence electrons. The van der Waals surface area contributed by atoms with Gasteiger partial charge in [0, 0.05) is 35.0 Å². The van der Waals surface area contributed by atoms with E-state index in [2.05, 4.69) is 48.6 Å². The van der Waals surface area contributed by atoms with Crippen LogP contribution in [0.5, 0.6) is 0 Å². The van der Waals surface area contributed by atoms with Crippen LogP contribution in [0.2, 0.25) is 0 Å². The molecular weight excluding hydrogens is 799 g/mol. The molecular formula is C57H28F6. The molecule has 0 radical (unpaired) electrons. The fraction of sp³-hybridized carbons (Fsp3) is 0.228. The van der Waals surface area contributed by atoms with Crippen molar-refractivity contribution in [3.63, 3.8) is 0 Å². The van der Waals surface area contributed by atoms with E-state index < -0.39 is 28.9 Å². The third-order valence-corrected chi connectivity index (χ3v) is 19.1. The van der Waals surface area contributed by atoms with Gasteiger partial charge in [-0.2, -0.15) is 26.3 Å². The molecule has 2 fully saturated rings. The highest BCUT2D eigenvalue weighted by Crippen LogP contribution is 2.82. The highest BCUT2D eigenvalue weighted by molar-refractivity contribution is 6.57. The van der Waals surface area contributed by atoms with Crippen LogP contribution in [0.4, 0.5) is 26.3 Å². The van der Waals surface area contributed by atoms with Gasteiger partial charge in [-0.05, 0) is 197 Å². The number of benzene rings is 7. The van der Waals surface area contributed by atoms with Crippen molar-refractivity contribution in [2.75, 3.05) is 0 Å². The average Bonchev–Trinajstić information content (AvgIpc) is 3.83. The first-order valence-electron chi connectivity index (χ1n) is 22.5. The molecule has 6 heteroatoms. The van der Waals surface area contributed by atoms with Gasteiger partial charge < -0.3 is 0 Å². The second kappa shape index (κ2) is 8.59. The highest BCUT2D eigenvalue weighted by atomic mass is 19.4. The number of alkyl halides is 6. The fourth-order valence-electron chi connectivity index (χ4n) is 17.8. The molecule has 8 atom stereocenters. The lowest BCUT2D eigenvalue weighted by molar-refractivity contribution is -0.138. The Hall–Kier alpha value is -6.14. The number of halogens is 6. The average molecular weight is 827 g/mol. The second-order valence-corrected chi connectivity index (χ2v) is 21.1. The van der Waals surface area contributed by atoms with Crippen LogP contribution < -0.4 is 5.22 Å². The summed E-state index contributed by atoms with van der Waals surface area (Å²) in [5.74, 6) is 1.13. The van der Waals surface area contributed by atoms with E-state index in [4.69, 9.17) is 0 Å². The summed E-state index contributed by atoms with van der Waals surface area (Å²) in [5, 5.41) is 22.6. The summed E-state index contributed by atoms with van der Waals surface area (Å²) >= 11 is 0. The summed E-state index contributed by atoms with van der Waals surface area (Å²) in [7, 11) is 0. The number of hydrogen-bond donors (Lipinski definition) is 0. The summed E-state index contributed by atoms with van der Waals surface area (Å²) in [4.78, 5) is 0. The van der Waals surface area contributed by atoms with E-state index in [9.17, 15) is 0 Å². The number of allylic oxidation sites excluding steroid dienone is 3. The van der Waals surface area contributed by atoms with E-state index in [0.29, 0.717) is 45.9 Å². The van der Waals surface area contributed by atoms with E-state index in [1.807, 2.05) is 12.1 Å². The number of aryl methyl sites for hydroxylation is 2. The lowest BCUT2D eigenvalue weighted by Crippen LogP contribution is -2.31. The minimum absolute atomic E-state index is 0.183. The molecule has 11 aromatic carbocycles. The Balaban J connectivity index is 1.09. The van der Waals surface area contributed by atoms with Crippen molar-refractivity contribution in [3.8, 4) is 0 Å². The van der Waals surface area contributed by atoms with Crippen molar-refractivity contribution in [1.82, 2.24) is 0 Å².